The minimum atomic E-state index is -3.61. The van der Waals surface area contributed by atoms with E-state index in [1.54, 1.807) is 23.4 Å². The fourth-order valence-electron chi connectivity index (χ4n) is 2.46. The maximum Gasteiger partial charge on any atom is 0.337 e. The van der Waals surface area contributed by atoms with Crippen LogP contribution in [0.25, 0.3) is 0 Å². The predicted octanol–water partition coefficient (Wildman–Crippen LogP) is 2.34. The Hall–Kier alpha value is -1.40. The number of methoxy groups -OCH3 is 1. The number of aryl methyl sites for hydroxylation is 1. The second kappa shape index (κ2) is 5.77. The average molecular weight is 311 g/mol. The molecule has 0 heterocycles. The summed E-state index contributed by atoms with van der Waals surface area (Å²) < 4.78 is 32.0. The second-order valence-corrected chi connectivity index (χ2v) is 7.44. The first-order valence-corrected chi connectivity index (χ1v) is 8.45. The molecule has 0 saturated heterocycles. The topological polar surface area (TPSA) is 63.7 Å². The number of benzene rings is 1. The minimum absolute atomic E-state index is 0.0798. The number of hydrogen-bond acceptors (Lipinski definition) is 4. The first kappa shape index (κ1) is 16.0. The molecule has 0 spiro atoms. The van der Waals surface area contributed by atoms with Crippen LogP contribution in [-0.4, -0.2) is 37.9 Å². The maximum atomic E-state index is 12.9. The van der Waals surface area contributed by atoms with E-state index in [-0.39, 0.29) is 22.5 Å². The predicted molar refractivity (Wildman–Crippen MR) is 79.7 cm³/mol. The molecule has 1 aliphatic rings. The molecular weight excluding hydrogens is 290 g/mol. The van der Waals surface area contributed by atoms with Crippen molar-refractivity contribution in [2.75, 3.05) is 7.11 Å². The van der Waals surface area contributed by atoms with Gasteiger partial charge in [-0.15, -0.1) is 0 Å². The largest absolute Gasteiger partial charge is 0.465 e. The second-order valence-electron chi connectivity index (χ2n) is 5.63. The van der Waals surface area contributed by atoms with Gasteiger partial charge in [0.15, 0.2) is 0 Å². The third-order valence-electron chi connectivity index (χ3n) is 3.58. The highest BCUT2D eigenvalue weighted by molar-refractivity contribution is 7.89. The van der Waals surface area contributed by atoms with E-state index < -0.39 is 16.0 Å². The van der Waals surface area contributed by atoms with Gasteiger partial charge in [-0.25, -0.2) is 13.2 Å². The molecule has 1 aromatic carbocycles. The standard InChI is InChI=1S/C15H21NO4S/c1-10(2)16(13-7-8-13)21(18,19)14-9-12(15(17)20-4)6-5-11(14)3/h5-6,9-10,13H,7-8H2,1-4H3. The molecule has 1 aromatic rings. The number of carbonyl (C=O) groups excluding carboxylic acids is 1. The highest BCUT2D eigenvalue weighted by Crippen LogP contribution is 2.34. The van der Waals surface area contributed by atoms with Gasteiger partial charge in [0, 0.05) is 12.1 Å². The monoisotopic (exact) mass is 311 g/mol. The van der Waals surface area contributed by atoms with Gasteiger partial charge in [-0.2, -0.15) is 4.31 Å². The van der Waals surface area contributed by atoms with Crippen LogP contribution in [0, 0.1) is 6.92 Å². The van der Waals surface area contributed by atoms with Crippen molar-refractivity contribution < 1.29 is 17.9 Å². The molecule has 2 rings (SSSR count). The first-order chi connectivity index (χ1) is 9.78. The SMILES string of the molecule is COC(=O)c1ccc(C)c(S(=O)(=O)N(C(C)C)C2CC2)c1. The number of ether oxygens (including phenoxy) is 1. The summed E-state index contributed by atoms with van der Waals surface area (Å²) in [5.74, 6) is -0.533. The molecule has 0 bridgehead atoms. The van der Waals surface area contributed by atoms with Crippen molar-refractivity contribution in [3.05, 3.63) is 29.3 Å². The zero-order chi connectivity index (χ0) is 15.8. The van der Waals surface area contributed by atoms with E-state index >= 15 is 0 Å². The summed E-state index contributed by atoms with van der Waals surface area (Å²) in [6.07, 6.45) is 1.79. The number of rotatable bonds is 5. The lowest BCUT2D eigenvalue weighted by atomic mass is 10.1. The van der Waals surface area contributed by atoms with E-state index in [9.17, 15) is 13.2 Å². The van der Waals surface area contributed by atoms with Crippen LogP contribution in [0.1, 0.15) is 42.6 Å². The number of carbonyl (C=O) groups is 1. The maximum absolute atomic E-state index is 12.9. The molecule has 0 unspecified atom stereocenters. The van der Waals surface area contributed by atoms with E-state index in [0.717, 1.165) is 12.8 Å². The van der Waals surface area contributed by atoms with Crippen molar-refractivity contribution in [1.82, 2.24) is 4.31 Å². The first-order valence-electron chi connectivity index (χ1n) is 7.01. The van der Waals surface area contributed by atoms with Crippen molar-refractivity contribution in [1.29, 1.82) is 0 Å². The Morgan fingerprint density at radius 3 is 2.43 bits per heavy atom. The van der Waals surface area contributed by atoms with Crippen LogP contribution < -0.4 is 0 Å². The molecule has 1 aliphatic carbocycles. The van der Waals surface area contributed by atoms with Crippen molar-refractivity contribution in [2.24, 2.45) is 0 Å². The Labute approximate surface area is 126 Å². The molecule has 0 radical (unpaired) electrons. The molecule has 21 heavy (non-hydrogen) atoms. The Balaban J connectivity index is 2.50. The number of sulfonamides is 1. The lowest BCUT2D eigenvalue weighted by Gasteiger charge is -2.26. The molecule has 0 atom stereocenters. The molecular formula is C15H21NO4S. The van der Waals surface area contributed by atoms with Gasteiger partial charge in [0.1, 0.15) is 0 Å². The van der Waals surface area contributed by atoms with Gasteiger partial charge in [-0.05, 0) is 51.3 Å². The summed E-state index contributed by atoms with van der Waals surface area (Å²) in [7, 11) is -2.33. The quantitative estimate of drug-likeness (QED) is 0.783. The summed E-state index contributed by atoms with van der Waals surface area (Å²) >= 11 is 0. The third-order valence-corrected chi connectivity index (χ3v) is 5.85. The Morgan fingerprint density at radius 2 is 1.95 bits per heavy atom. The fraction of sp³-hybridized carbons (Fsp3) is 0.533. The molecule has 0 N–H and O–H groups in total. The molecule has 116 valence electrons. The molecule has 6 heteroatoms. The summed E-state index contributed by atoms with van der Waals surface area (Å²) in [4.78, 5) is 11.8. The normalized spacial score (nSPS) is 15.5. The molecule has 0 aromatic heterocycles. The molecule has 1 saturated carbocycles. The highest BCUT2D eigenvalue weighted by atomic mass is 32.2. The van der Waals surface area contributed by atoms with Gasteiger partial charge in [0.05, 0.1) is 17.6 Å². The van der Waals surface area contributed by atoms with Gasteiger partial charge in [0.25, 0.3) is 0 Å². The van der Waals surface area contributed by atoms with E-state index in [4.69, 9.17) is 0 Å². The van der Waals surface area contributed by atoms with Crippen molar-refractivity contribution in [3.8, 4) is 0 Å². The van der Waals surface area contributed by atoms with E-state index in [1.807, 2.05) is 13.8 Å². The summed E-state index contributed by atoms with van der Waals surface area (Å²) in [5.41, 5.74) is 0.884. The van der Waals surface area contributed by atoms with Gasteiger partial charge in [-0.3, -0.25) is 0 Å². The molecule has 1 fully saturated rings. The van der Waals surface area contributed by atoms with Crippen molar-refractivity contribution >= 4 is 16.0 Å². The van der Waals surface area contributed by atoms with Gasteiger partial charge >= 0.3 is 5.97 Å². The Morgan fingerprint density at radius 1 is 1.33 bits per heavy atom. The zero-order valence-corrected chi connectivity index (χ0v) is 13.6. The minimum Gasteiger partial charge on any atom is -0.465 e. The highest BCUT2D eigenvalue weighted by Gasteiger charge is 2.40. The van der Waals surface area contributed by atoms with Crippen LogP contribution in [-0.2, 0) is 14.8 Å². The molecule has 0 aliphatic heterocycles. The summed E-state index contributed by atoms with van der Waals surface area (Å²) in [6, 6.07) is 4.61. The van der Waals surface area contributed by atoms with Crippen molar-refractivity contribution in [3.63, 3.8) is 0 Å². The molecule has 5 nitrogen and oxygen atoms in total. The fourth-order valence-corrected chi connectivity index (χ4v) is 4.60. The lowest BCUT2D eigenvalue weighted by molar-refractivity contribution is 0.0600. The third kappa shape index (κ3) is 3.11. The molecule has 0 amide bonds. The summed E-state index contributed by atoms with van der Waals surface area (Å²) in [5, 5.41) is 0. The van der Waals surface area contributed by atoms with Crippen LogP contribution in [0.5, 0.6) is 0 Å². The van der Waals surface area contributed by atoms with Crippen LogP contribution >= 0.6 is 0 Å². The average Bonchev–Trinajstić information content (AvgIpc) is 3.21. The summed E-state index contributed by atoms with van der Waals surface area (Å²) in [6.45, 7) is 5.48. The lowest BCUT2D eigenvalue weighted by Crippen LogP contribution is -2.39. The van der Waals surface area contributed by atoms with Gasteiger partial charge in [0.2, 0.25) is 10.0 Å². The smallest absolute Gasteiger partial charge is 0.337 e. The number of hydrogen-bond donors (Lipinski definition) is 0. The van der Waals surface area contributed by atoms with Crippen LogP contribution in [0.15, 0.2) is 23.1 Å². The number of esters is 1. The van der Waals surface area contributed by atoms with E-state index in [1.165, 1.54) is 13.2 Å². The number of nitrogens with zero attached hydrogens (tertiary/aromatic N) is 1. The van der Waals surface area contributed by atoms with Gasteiger partial charge < -0.3 is 4.74 Å². The van der Waals surface area contributed by atoms with Crippen LogP contribution in [0.3, 0.4) is 0 Å². The van der Waals surface area contributed by atoms with Crippen molar-refractivity contribution in [2.45, 2.75) is 50.6 Å². The van der Waals surface area contributed by atoms with Crippen LogP contribution in [0.2, 0.25) is 0 Å². The van der Waals surface area contributed by atoms with E-state index in [2.05, 4.69) is 4.74 Å². The Kier molecular flexibility index (Phi) is 4.39. The zero-order valence-electron chi connectivity index (χ0n) is 12.8. The van der Waals surface area contributed by atoms with E-state index in [0.29, 0.717) is 5.56 Å². The van der Waals surface area contributed by atoms with Crippen LogP contribution in [0.4, 0.5) is 0 Å². The Bertz CT molecular complexity index is 646. The van der Waals surface area contributed by atoms with Gasteiger partial charge in [-0.1, -0.05) is 6.07 Å².